The van der Waals surface area contributed by atoms with E-state index >= 15 is 0 Å². The van der Waals surface area contributed by atoms with Crippen LogP contribution in [0.15, 0.2) is 84.9 Å². The zero-order valence-electron chi connectivity index (χ0n) is 19.0. The number of para-hydroxylation sites is 1. The van der Waals surface area contributed by atoms with Gasteiger partial charge in [0.25, 0.3) is 0 Å². The Labute approximate surface area is 195 Å². The number of likely N-dealkylation sites (tertiary alicyclic amines) is 1. The minimum Gasteiger partial charge on any atom is -0.496 e. The van der Waals surface area contributed by atoms with Crippen molar-refractivity contribution in [3.05, 3.63) is 102 Å². The van der Waals surface area contributed by atoms with Gasteiger partial charge < -0.3 is 9.64 Å². The number of rotatable bonds is 5. The molecule has 1 aliphatic heterocycles. The van der Waals surface area contributed by atoms with Crippen LogP contribution < -0.4 is 4.74 Å². The van der Waals surface area contributed by atoms with Gasteiger partial charge in [0.1, 0.15) is 17.4 Å². The molecule has 2 aliphatic rings. The fraction of sp³-hybridized carbons (Fsp3) is 0.310. The molecule has 168 valence electrons. The first-order chi connectivity index (χ1) is 16.1. The summed E-state index contributed by atoms with van der Waals surface area (Å²) >= 11 is 0. The Balaban J connectivity index is 1.50. The van der Waals surface area contributed by atoms with Crippen LogP contribution in [0.1, 0.15) is 29.5 Å². The topological polar surface area (TPSA) is 53.4 Å². The van der Waals surface area contributed by atoms with E-state index in [0.717, 1.165) is 17.7 Å². The van der Waals surface area contributed by atoms with Crippen LogP contribution in [-0.2, 0) is 16.6 Å². The van der Waals surface area contributed by atoms with Crippen molar-refractivity contribution in [1.29, 1.82) is 5.41 Å². The summed E-state index contributed by atoms with van der Waals surface area (Å²) in [6, 6.07) is 29.2. The van der Waals surface area contributed by atoms with Crippen molar-refractivity contribution in [2.24, 2.45) is 11.8 Å². The van der Waals surface area contributed by atoms with Gasteiger partial charge >= 0.3 is 0 Å². The fourth-order valence-electron chi connectivity index (χ4n) is 6.04. The molecular weight excluding hydrogens is 408 g/mol. The zero-order chi connectivity index (χ0) is 22.8. The highest BCUT2D eigenvalue weighted by Gasteiger charge is 2.54. The minimum absolute atomic E-state index is 0.0582. The van der Waals surface area contributed by atoms with E-state index in [1.165, 1.54) is 11.1 Å². The lowest BCUT2D eigenvalue weighted by Gasteiger charge is -2.45. The van der Waals surface area contributed by atoms with E-state index in [2.05, 4.69) is 65.6 Å². The standard InChI is InChI=1S/C29H30N2O2/c1-33-27-15-9-8-10-21(27)18-28(30)31-19-24-25(20-31)29(17-16-26(24)32,22-11-4-2-5-12-22)23-13-6-3-7-14-23/h2-15,24-25,30H,16-20H2,1H3/t24-,25-/m0/s1. The molecule has 0 radical (unpaired) electrons. The first kappa shape index (κ1) is 21.4. The summed E-state index contributed by atoms with van der Waals surface area (Å²) < 4.78 is 5.50. The van der Waals surface area contributed by atoms with E-state index in [1.807, 2.05) is 24.3 Å². The molecule has 1 heterocycles. The maximum atomic E-state index is 13.1. The lowest BCUT2D eigenvalue weighted by atomic mass is 9.56. The highest BCUT2D eigenvalue weighted by Crippen LogP contribution is 2.52. The van der Waals surface area contributed by atoms with E-state index in [1.54, 1.807) is 7.11 Å². The average Bonchev–Trinajstić information content (AvgIpc) is 3.33. The number of carbonyl (C=O) groups is 1. The van der Waals surface area contributed by atoms with Crippen molar-refractivity contribution in [1.82, 2.24) is 4.90 Å². The molecule has 0 spiro atoms. The van der Waals surface area contributed by atoms with Crippen LogP contribution in [0.2, 0.25) is 0 Å². The molecule has 1 saturated carbocycles. The molecule has 0 bridgehead atoms. The number of Topliss-reactive ketones (excluding diaryl/α,β-unsaturated/α-hetero) is 1. The highest BCUT2D eigenvalue weighted by molar-refractivity contribution is 5.87. The van der Waals surface area contributed by atoms with Gasteiger partial charge in [0.15, 0.2) is 0 Å². The summed E-state index contributed by atoms with van der Waals surface area (Å²) in [6.45, 7) is 1.34. The van der Waals surface area contributed by atoms with Crippen molar-refractivity contribution in [3.63, 3.8) is 0 Å². The molecule has 4 heteroatoms. The van der Waals surface area contributed by atoms with Gasteiger partial charge in [-0.3, -0.25) is 10.2 Å². The monoisotopic (exact) mass is 438 g/mol. The van der Waals surface area contributed by atoms with Crippen LogP contribution in [0.5, 0.6) is 5.75 Å². The van der Waals surface area contributed by atoms with Crippen LogP contribution in [0, 0.1) is 17.2 Å². The third kappa shape index (κ3) is 3.74. The van der Waals surface area contributed by atoms with Gasteiger partial charge in [0.05, 0.1) is 7.11 Å². The van der Waals surface area contributed by atoms with Crippen molar-refractivity contribution < 1.29 is 9.53 Å². The normalized spacial score (nSPS) is 21.5. The summed E-state index contributed by atoms with van der Waals surface area (Å²) in [6.07, 6.45) is 1.90. The van der Waals surface area contributed by atoms with E-state index in [-0.39, 0.29) is 17.3 Å². The SMILES string of the molecule is COc1ccccc1CC(=N)N1C[C@@H]2C(=O)CCC(c3ccccc3)(c3ccccc3)[C@H]2C1. The van der Waals surface area contributed by atoms with Crippen LogP contribution >= 0.6 is 0 Å². The lowest BCUT2D eigenvalue weighted by Crippen LogP contribution is -2.47. The molecule has 1 aliphatic carbocycles. The molecule has 4 nitrogen and oxygen atoms in total. The molecule has 1 saturated heterocycles. The van der Waals surface area contributed by atoms with Crippen LogP contribution in [-0.4, -0.2) is 36.7 Å². The van der Waals surface area contributed by atoms with E-state index in [0.29, 0.717) is 37.6 Å². The summed E-state index contributed by atoms with van der Waals surface area (Å²) in [4.78, 5) is 15.3. The summed E-state index contributed by atoms with van der Waals surface area (Å²) in [5.41, 5.74) is 3.33. The second kappa shape index (κ2) is 8.86. The van der Waals surface area contributed by atoms with Gasteiger partial charge in [-0.15, -0.1) is 0 Å². The number of amidine groups is 1. The smallest absolute Gasteiger partial charge is 0.138 e. The van der Waals surface area contributed by atoms with Gasteiger partial charge in [-0.1, -0.05) is 78.9 Å². The summed E-state index contributed by atoms with van der Waals surface area (Å²) in [5.74, 6) is 1.78. The second-order valence-corrected chi connectivity index (χ2v) is 9.22. The van der Waals surface area contributed by atoms with Gasteiger partial charge in [-0.2, -0.15) is 0 Å². The molecule has 1 N–H and O–H groups in total. The zero-order valence-corrected chi connectivity index (χ0v) is 19.0. The number of carbonyl (C=O) groups excluding carboxylic acids is 1. The number of hydrogen-bond donors (Lipinski definition) is 1. The Hall–Kier alpha value is -3.40. The van der Waals surface area contributed by atoms with Gasteiger partial charge in [-0.05, 0) is 23.6 Å². The number of methoxy groups -OCH3 is 1. The maximum absolute atomic E-state index is 13.1. The molecule has 0 amide bonds. The molecular formula is C29H30N2O2. The summed E-state index contributed by atoms with van der Waals surface area (Å²) in [7, 11) is 1.67. The number of nitrogens with one attached hydrogen (secondary N) is 1. The molecule has 0 unspecified atom stereocenters. The van der Waals surface area contributed by atoms with Crippen LogP contribution in [0.3, 0.4) is 0 Å². The Morgan fingerprint density at radius 2 is 1.55 bits per heavy atom. The molecule has 0 aromatic heterocycles. The highest BCUT2D eigenvalue weighted by atomic mass is 16.5. The molecule has 2 fully saturated rings. The Kier molecular flexibility index (Phi) is 5.76. The first-order valence-corrected chi connectivity index (χ1v) is 11.7. The Morgan fingerprint density at radius 3 is 2.18 bits per heavy atom. The van der Waals surface area contributed by atoms with Gasteiger partial charge in [0, 0.05) is 48.7 Å². The molecule has 2 atom stereocenters. The minimum atomic E-state index is -0.222. The van der Waals surface area contributed by atoms with Gasteiger partial charge in [-0.25, -0.2) is 0 Å². The predicted molar refractivity (Wildman–Crippen MR) is 131 cm³/mol. The summed E-state index contributed by atoms with van der Waals surface area (Å²) in [5, 5.41) is 8.91. The number of ketones is 1. The fourth-order valence-corrected chi connectivity index (χ4v) is 6.04. The molecule has 5 rings (SSSR count). The lowest BCUT2D eigenvalue weighted by molar-refractivity contribution is -0.126. The van der Waals surface area contributed by atoms with Crippen molar-refractivity contribution >= 4 is 11.6 Å². The average molecular weight is 439 g/mol. The number of fused-ring (bicyclic) bond motifs is 1. The first-order valence-electron chi connectivity index (χ1n) is 11.7. The predicted octanol–water partition coefficient (Wildman–Crippen LogP) is 5.11. The van der Waals surface area contributed by atoms with E-state index in [9.17, 15) is 4.79 Å². The quantitative estimate of drug-likeness (QED) is 0.445. The third-order valence-electron chi connectivity index (χ3n) is 7.64. The second-order valence-electron chi connectivity index (χ2n) is 9.22. The van der Waals surface area contributed by atoms with Crippen molar-refractivity contribution in [2.75, 3.05) is 20.2 Å². The van der Waals surface area contributed by atoms with E-state index in [4.69, 9.17) is 10.1 Å². The van der Waals surface area contributed by atoms with Crippen molar-refractivity contribution in [2.45, 2.75) is 24.7 Å². The van der Waals surface area contributed by atoms with Crippen LogP contribution in [0.25, 0.3) is 0 Å². The largest absolute Gasteiger partial charge is 0.496 e. The molecule has 3 aromatic carbocycles. The van der Waals surface area contributed by atoms with Crippen molar-refractivity contribution in [3.8, 4) is 5.75 Å². The number of benzene rings is 3. The van der Waals surface area contributed by atoms with E-state index < -0.39 is 0 Å². The van der Waals surface area contributed by atoms with Crippen LogP contribution in [0.4, 0.5) is 0 Å². The molecule has 3 aromatic rings. The third-order valence-corrected chi connectivity index (χ3v) is 7.64. The number of nitrogens with zero attached hydrogens (tertiary/aromatic N) is 1. The maximum Gasteiger partial charge on any atom is 0.138 e. The molecule has 33 heavy (non-hydrogen) atoms. The number of hydrogen-bond acceptors (Lipinski definition) is 3. The van der Waals surface area contributed by atoms with Gasteiger partial charge in [0.2, 0.25) is 0 Å². The Bertz CT molecular complexity index is 1100. The number of ether oxygens (including phenoxy) is 1. The Morgan fingerprint density at radius 1 is 0.939 bits per heavy atom.